The summed E-state index contributed by atoms with van der Waals surface area (Å²) in [5.74, 6) is -0.0804. The van der Waals surface area contributed by atoms with Crippen LogP contribution in [0.15, 0.2) is 52.0 Å². The third-order valence-electron chi connectivity index (χ3n) is 3.24. The van der Waals surface area contributed by atoms with Crippen molar-refractivity contribution in [3.8, 4) is 11.5 Å². The summed E-state index contributed by atoms with van der Waals surface area (Å²) in [4.78, 5) is 12.2. The number of hydrazone groups is 1. The molecule has 0 aliphatic heterocycles. The molecule has 0 aliphatic rings. The molecule has 126 valence electrons. The minimum Gasteiger partial charge on any atom is -0.503 e. The third kappa shape index (κ3) is 4.33. The van der Waals surface area contributed by atoms with E-state index < -0.39 is 6.10 Å². The standard InChI is InChI=1S/C17H17BrN2O4/c1-23-14-9-11(8-13(18)15(14)21)10-19-20-17(22)16(24-2)12-6-4-3-5-7-12/h3-10,16,21H,1-2H3,(H,20,22). The minimum absolute atomic E-state index is 0.00205. The number of rotatable bonds is 6. The van der Waals surface area contributed by atoms with Crippen molar-refractivity contribution in [3.63, 3.8) is 0 Å². The molecule has 0 saturated heterocycles. The first-order valence-electron chi connectivity index (χ1n) is 7.04. The summed E-state index contributed by atoms with van der Waals surface area (Å²) in [7, 11) is 2.91. The molecule has 1 amide bonds. The predicted molar refractivity (Wildman–Crippen MR) is 94.3 cm³/mol. The van der Waals surface area contributed by atoms with Crippen molar-refractivity contribution in [2.45, 2.75) is 6.10 Å². The number of benzene rings is 2. The van der Waals surface area contributed by atoms with Gasteiger partial charge in [-0.15, -0.1) is 0 Å². The van der Waals surface area contributed by atoms with Crippen LogP contribution in [0.1, 0.15) is 17.2 Å². The fraction of sp³-hybridized carbons (Fsp3) is 0.176. The second-order valence-electron chi connectivity index (χ2n) is 4.81. The molecule has 0 saturated carbocycles. The molecule has 2 N–H and O–H groups in total. The lowest BCUT2D eigenvalue weighted by Crippen LogP contribution is -2.26. The zero-order chi connectivity index (χ0) is 17.5. The van der Waals surface area contributed by atoms with E-state index >= 15 is 0 Å². The van der Waals surface area contributed by atoms with E-state index in [-0.39, 0.29) is 11.7 Å². The van der Waals surface area contributed by atoms with Gasteiger partial charge in [-0.1, -0.05) is 30.3 Å². The molecule has 0 spiro atoms. The lowest BCUT2D eigenvalue weighted by Gasteiger charge is -2.13. The molecule has 1 atom stereocenters. The first kappa shape index (κ1) is 18.0. The summed E-state index contributed by atoms with van der Waals surface area (Å²) in [5.41, 5.74) is 3.82. The number of phenolic OH excluding ortho intramolecular Hbond substituents is 1. The number of aromatic hydroxyl groups is 1. The van der Waals surface area contributed by atoms with E-state index in [1.165, 1.54) is 20.4 Å². The van der Waals surface area contributed by atoms with Gasteiger partial charge in [-0.2, -0.15) is 5.10 Å². The minimum atomic E-state index is -0.746. The average molecular weight is 393 g/mol. The summed E-state index contributed by atoms with van der Waals surface area (Å²) in [6, 6.07) is 12.4. The van der Waals surface area contributed by atoms with Crippen molar-refractivity contribution < 1.29 is 19.4 Å². The number of hydrogen-bond donors (Lipinski definition) is 2. The van der Waals surface area contributed by atoms with Crippen LogP contribution in [0.3, 0.4) is 0 Å². The summed E-state index contributed by atoms with van der Waals surface area (Å²) in [5, 5.41) is 13.7. The van der Waals surface area contributed by atoms with Crippen LogP contribution in [0.4, 0.5) is 0 Å². The van der Waals surface area contributed by atoms with Gasteiger partial charge in [0.15, 0.2) is 17.6 Å². The molecule has 6 nitrogen and oxygen atoms in total. The van der Waals surface area contributed by atoms with Crippen molar-refractivity contribution in [2.75, 3.05) is 14.2 Å². The van der Waals surface area contributed by atoms with Gasteiger partial charge in [0.1, 0.15) is 0 Å². The molecule has 0 heterocycles. The van der Waals surface area contributed by atoms with Crippen LogP contribution in [0.5, 0.6) is 11.5 Å². The SMILES string of the molecule is COc1cc(C=NNC(=O)C(OC)c2ccccc2)cc(Br)c1O. The van der Waals surface area contributed by atoms with E-state index in [1.54, 1.807) is 24.3 Å². The second kappa shape index (κ2) is 8.47. The number of nitrogens with zero attached hydrogens (tertiary/aromatic N) is 1. The Balaban J connectivity index is 2.08. The Morgan fingerprint density at radius 3 is 2.62 bits per heavy atom. The van der Waals surface area contributed by atoms with Crippen LogP contribution >= 0.6 is 15.9 Å². The van der Waals surface area contributed by atoms with Gasteiger partial charge in [-0.05, 0) is 39.2 Å². The summed E-state index contributed by atoms with van der Waals surface area (Å²) in [6.07, 6.45) is 0.701. The smallest absolute Gasteiger partial charge is 0.273 e. The molecular weight excluding hydrogens is 376 g/mol. The normalized spacial score (nSPS) is 12.1. The van der Waals surface area contributed by atoms with Crippen LogP contribution in [0.25, 0.3) is 0 Å². The fourth-order valence-corrected chi connectivity index (χ4v) is 2.54. The molecule has 0 aromatic heterocycles. The molecule has 0 aliphatic carbocycles. The Hall–Kier alpha value is -2.38. The number of hydrogen-bond acceptors (Lipinski definition) is 5. The summed E-state index contributed by atoms with van der Waals surface area (Å²) < 4.78 is 10.8. The second-order valence-corrected chi connectivity index (χ2v) is 5.67. The van der Waals surface area contributed by atoms with Gasteiger partial charge < -0.3 is 14.6 Å². The van der Waals surface area contributed by atoms with E-state index in [0.717, 1.165) is 5.56 Å². The number of nitrogens with one attached hydrogen (secondary N) is 1. The molecule has 2 aromatic carbocycles. The number of halogens is 1. The van der Waals surface area contributed by atoms with E-state index in [1.807, 2.05) is 18.2 Å². The maximum Gasteiger partial charge on any atom is 0.273 e. The van der Waals surface area contributed by atoms with Crippen LogP contribution in [0, 0.1) is 0 Å². The first-order valence-corrected chi connectivity index (χ1v) is 7.83. The van der Waals surface area contributed by atoms with Gasteiger partial charge in [0, 0.05) is 7.11 Å². The van der Waals surface area contributed by atoms with E-state index in [2.05, 4.69) is 26.5 Å². The first-order chi connectivity index (χ1) is 11.6. The van der Waals surface area contributed by atoms with E-state index in [4.69, 9.17) is 9.47 Å². The Morgan fingerprint density at radius 2 is 2.00 bits per heavy atom. The summed E-state index contributed by atoms with van der Waals surface area (Å²) >= 11 is 3.22. The lowest BCUT2D eigenvalue weighted by atomic mass is 10.1. The molecular formula is C17H17BrN2O4. The van der Waals surface area contributed by atoms with Gasteiger partial charge in [-0.25, -0.2) is 5.43 Å². The van der Waals surface area contributed by atoms with E-state index in [0.29, 0.717) is 15.8 Å². The van der Waals surface area contributed by atoms with Crippen molar-refractivity contribution in [3.05, 3.63) is 58.1 Å². The Kier molecular flexibility index (Phi) is 6.34. The zero-order valence-corrected chi connectivity index (χ0v) is 14.8. The van der Waals surface area contributed by atoms with Crippen LogP contribution in [-0.2, 0) is 9.53 Å². The quantitative estimate of drug-likeness (QED) is 0.584. The maximum absolute atomic E-state index is 12.2. The van der Waals surface area contributed by atoms with Crippen molar-refractivity contribution in [1.29, 1.82) is 0 Å². The molecule has 0 bridgehead atoms. The molecule has 2 rings (SSSR count). The molecule has 1 unspecified atom stereocenters. The topological polar surface area (TPSA) is 80.2 Å². The van der Waals surface area contributed by atoms with E-state index in [9.17, 15) is 9.90 Å². The number of methoxy groups -OCH3 is 2. The number of phenols is 1. The summed E-state index contributed by atoms with van der Waals surface area (Å²) in [6.45, 7) is 0. The zero-order valence-electron chi connectivity index (χ0n) is 13.2. The lowest BCUT2D eigenvalue weighted by molar-refractivity contribution is -0.131. The number of ether oxygens (including phenoxy) is 2. The highest BCUT2D eigenvalue weighted by Crippen LogP contribution is 2.34. The Bertz CT molecular complexity index is 735. The highest BCUT2D eigenvalue weighted by molar-refractivity contribution is 9.10. The van der Waals surface area contributed by atoms with Crippen LogP contribution < -0.4 is 10.2 Å². The largest absolute Gasteiger partial charge is 0.503 e. The molecule has 0 fully saturated rings. The highest BCUT2D eigenvalue weighted by atomic mass is 79.9. The number of carbonyl (C=O) groups excluding carboxylic acids is 1. The van der Waals surface area contributed by atoms with Crippen molar-refractivity contribution >= 4 is 28.1 Å². The molecule has 24 heavy (non-hydrogen) atoms. The van der Waals surface area contributed by atoms with Gasteiger partial charge >= 0.3 is 0 Å². The Morgan fingerprint density at radius 1 is 1.29 bits per heavy atom. The van der Waals surface area contributed by atoms with Crippen molar-refractivity contribution in [2.24, 2.45) is 5.10 Å². The van der Waals surface area contributed by atoms with Crippen LogP contribution in [0.2, 0.25) is 0 Å². The number of amides is 1. The predicted octanol–water partition coefficient (Wildman–Crippen LogP) is 3.00. The van der Waals surface area contributed by atoms with Gasteiger partial charge in [0.05, 0.1) is 17.8 Å². The highest BCUT2D eigenvalue weighted by Gasteiger charge is 2.19. The third-order valence-corrected chi connectivity index (χ3v) is 3.84. The monoisotopic (exact) mass is 392 g/mol. The maximum atomic E-state index is 12.2. The fourth-order valence-electron chi connectivity index (χ4n) is 2.08. The number of carbonyl (C=O) groups is 1. The molecule has 7 heteroatoms. The Labute approximate surface area is 148 Å². The van der Waals surface area contributed by atoms with Crippen molar-refractivity contribution in [1.82, 2.24) is 5.43 Å². The molecule has 0 radical (unpaired) electrons. The van der Waals surface area contributed by atoms with Crippen LogP contribution in [-0.4, -0.2) is 31.4 Å². The van der Waals surface area contributed by atoms with Gasteiger partial charge in [0.2, 0.25) is 0 Å². The molecule has 2 aromatic rings. The van der Waals surface area contributed by atoms with Gasteiger partial charge in [0.25, 0.3) is 5.91 Å². The average Bonchev–Trinajstić information content (AvgIpc) is 2.59. The van der Waals surface area contributed by atoms with Gasteiger partial charge in [-0.3, -0.25) is 4.79 Å².